The molecule has 1 N–H and O–H groups in total. The number of nitrogens with zero attached hydrogens (tertiary/aromatic N) is 1. The lowest BCUT2D eigenvalue weighted by atomic mass is 10.0. The monoisotopic (exact) mass is 246 g/mol. The summed E-state index contributed by atoms with van der Waals surface area (Å²) >= 11 is 0. The minimum atomic E-state index is 0.371. The van der Waals surface area contributed by atoms with E-state index in [1.54, 1.807) is 0 Å². The Balaban J connectivity index is 2.11. The standard InChI is InChI=1S/C14H18N2O2/c1-16(7-8-18-10-17)14-6-5-12-11(9-15)3-2-4-13(12)14/h2-4,9-10,14-15H,5-8H2,1H3. The summed E-state index contributed by atoms with van der Waals surface area (Å²) in [6.45, 7) is 1.65. The van der Waals surface area contributed by atoms with E-state index in [1.807, 2.05) is 19.2 Å². The van der Waals surface area contributed by atoms with E-state index in [9.17, 15) is 4.79 Å². The van der Waals surface area contributed by atoms with Crippen molar-refractivity contribution in [3.63, 3.8) is 0 Å². The fraction of sp³-hybridized carbons (Fsp3) is 0.429. The first-order chi connectivity index (χ1) is 8.77. The van der Waals surface area contributed by atoms with Crippen molar-refractivity contribution in [2.75, 3.05) is 20.2 Å². The van der Waals surface area contributed by atoms with Crippen LogP contribution in [0.15, 0.2) is 18.2 Å². The molecule has 0 bridgehead atoms. The molecular weight excluding hydrogens is 228 g/mol. The smallest absolute Gasteiger partial charge is 0.293 e. The minimum Gasteiger partial charge on any atom is -0.467 e. The summed E-state index contributed by atoms with van der Waals surface area (Å²) in [5.74, 6) is 0. The molecule has 0 saturated carbocycles. The van der Waals surface area contributed by atoms with Gasteiger partial charge in [0, 0.05) is 18.8 Å². The molecule has 2 rings (SSSR count). The van der Waals surface area contributed by atoms with Crippen LogP contribution in [0.1, 0.15) is 29.2 Å². The highest BCUT2D eigenvalue weighted by atomic mass is 16.5. The maximum atomic E-state index is 10.1. The third-order valence-electron chi connectivity index (χ3n) is 3.59. The molecule has 0 spiro atoms. The first-order valence-electron chi connectivity index (χ1n) is 6.15. The van der Waals surface area contributed by atoms with Crippen molar-refractivity contribution in [2.24, 2.45) is 0 Å². The Morgan fingerprint density at radius 1 is 1.56 bits per heavy atom. The Morgan fingerprint density at radius 2 is 2.39 bits per heavy atom. The SMILES string of the molecule is CN(CCOC=O)C1CCc2c(C=N)cccc21. The molecule has 1 aromatic rings. The predicted molar refractivity (Wildman–Crippen MR) is 70.0 cm³/mol. The van der Waals surface area contributed by atoms with Gasteiger partial charge in [-0.3, -0.25) is 9.69 Å². The molecule has 0 amide bonds. The lowest BCUT2D eigenvalue weighted by Crippen LogP contribution is -2.26. The second-order valence-corrected chi connectivity index (χ2v) is 4.56. The molecule has 0 aromatic heterocycles. The summed E-state index contributed by atoms with van der Waals surface area (Å²) in [4.78, 5) is 12.3. The third kappa shape index (κ3) is 2.43. The normalized spacial score (nSPS) is 17.6. The van der Waals surface area contributed by atoms with Crippen molar-refractivity contribution in [1.82, 2.24) is 4.90 Å². The Kier molecular flexibility index (Phi) is 4.10. The van der Waals surface area contributed by atoms with Gasteiger partial charge in [-0.25, -0.2) is 0 Å². The van der Waals surface area contributed by atoms with Crippen LogP contribution in [0.25, 0.3) is 0 Å². The van der Waals surface area contributed by atoms with Crippen molar-refractivity contribution in [3.8, 4) is 0 Å². The molecule has 4 heteroatoms. The number of fused-ring (bicyclic) bond motifs is 1. The maximum Gasteiger partial charge on any atom is 0.293 e. The number of carbonyl (C=O) groups is 1. The number of nitrogens with one attached hydrogen (secondary N) is 1. The average Bonchev–Trinajstić information content (AvgIpc) is 2.82. The first kappa shape index (κ1) is 12.8. The van der Waals surface area contributed by atoms with E-state index >= 15 is 0 Å². The summed E-state index contributed by atoms with van der Waals surface area (Å²) in [6.07, 6.45) is 3.51. The van der Waals surface area contributed by atoms with E-state index in [-0.39, 0.29) is 0 Å². The zero-order chi connectivity index (χ0) is 13.0. The van der Waals surface area contributed by atoms with Crippen LogP contribution in [0.5, 0.6) is 0 Å². The van der Waals surface area contributed by atoms with Gasteiger partial charge in [-0.15, -0.1) is 0 Å². The van der Waals surface area contributed by atoms with Gasteiger partial charge in [0.2, 0.25) is 0 Å². The third-order valence-corrected chi connectivity index (χ3v) is 3.59. The van der Waals surface area contributed by atoms with Crippen molar-refractivity contribution in [2.45, 2.75) is 18.9 Å². The molecule has 0 aliphatic heterocycles. The van der Waals surface area contributed by atoms with E-state index in [1.165, 1.54) is 17.3 Å². The fourth-order valence-electron chi connectivity index (χ4n) is 2.65. The first-order valence-corrected chi connectivity index (χ1v) is 6.15. The van der Waals surface area contributed by atoms with Gasteiger partial charge >= 0.3 is 0 Å². The Bertz CT molecular complexity index is 445. The maximum absolute atomic E-state index is 10.1. The van der Waals surface area contributed by atoms with E-state index in [0.29, 0.717) is 19.1 Å². The number of hydrogen-bond donors (Lipinski definition) is 1. The van der Waals surface area contributed by atoms with Gasteiger partial charge in [-0.1, -0.05) is 18.2 Å². The summed E-state index contributed by atoms with van der Waals surface area (Å²) in [6, 6.07) is 6.50. The van der Waals surface area contributed by atoms with Gasteiger partial charge in [0.25, 0.3) is 6.47 Å². The molecular formula is C14H18N2O2. The molecule has 1 aliphatic carbocycles. The van der Waals surface area contributed by atoms with Crippen molar-refractivity contribution < 1.29 is 9.53 Å². The van der Waals surface area contributed by atoms with Crippen molar-refractivity contribution >= 4 is 12.7 Å². The number of ether oxygens (including phenoxy) is 1. The van der Waals surface area contributed by atoms with Gasteiger partial charge in [-0.2, -0.15) is 0 Å². The van der Waals surface area contributed by atoms with Gasteiger partial charge < -0.3 is 10.1 Å². The molecule has 0 heterocycles. The molecule has 0 saturated heterocycles. The fourth-order valence-corrected chi connectivity index (χ4v) is 2.65. The van der Waals surface area contributed by atoms with E-state index in [0.717, 1.165) is 24.9 Å². The van der Waals surface area contributed by atoms with Crippen LogP contribution >= 0.6 is 0 Å². The summed E-state index contributed by atoms with van der Waals surface area (Å²) < 4.78 is 4.74. The Hall–Kier alpha value is -1.68. The Labute approximate surface area is 107 Å². The highest BCUT2D eigenvalue weighted by Crippen LogP contribution is 2.36. The number of likely N-dealkylation sites (N-methyl/N-ethyl adjacent to an activating group) is 1. The van der Waals surface area contributed by atoms with Gasteiger partial charge in [-0.05, 0) is 36.6 Å². The van der Waals surface area contributed by atoms with Gasteiger partial charge in [0.05, 0.1) is 0 Å². The predicted octanol–water partition coefficient (Wildman–Crippen LogP) is 1.78. The Morgan fingerprint density at radius 3 is 3.11 bits per heavy atom. The molecule has 4 nitrogen and oxygen atoms in total. The van der Waals surface area contributed by atoms with E-state index < -0.39 is 0 Å². The highest BCUT2D eigenvalue weighted by Gasteiger charge is 2.26. The molecule has 1 unspecified atom stereocenters. The number of carbonyl (C=O) groups excluding carboxylic acids is 1. The van der Waals surface area contributed by atoms with Crippen LogP contribution < -0.4 is 0 Å². The average molecular weight is 246 g/mol. The van der Waals surface area contributed by atoms with Gasteiger partial charge in [0.15, 0.2) is 0 Å². The molecule has 1 aliphatic rings. The second kappa shape index (κ2) is 5.78. The summed E-state index contributed by atoms with van der Waals surface area (Å²) in [7, 11) is 2.05. The van der Waals surface area contributed by atoms with Crippen molar-refractivity contribution in [3.05, 3.63) is 34.9 Å². The molecule has 96 valence electrons. The van der Waals surface area contributed by atoms with Crippen molar-refractivity contribution in [1.29, 1.82) is 5.41 Å². The number of hydrogen-bond acceptors (Lipinski definition) is 4. The second-order valence-electron chi connectivity index (χ2n) is 4.56. The molecule has 0 fully saturated rings. The zero-order valence-corrected chi connectivity index (χ0v) is 10.6. The lowest BCUT2D eigenvalue weighted by molar-refractivity contribution is -0.129. The molecule has 18 heavy (non-hydrogen) atoms. The minimum absolute atomic E-state index is 0.371. The van der Waals surface area contributed by atoms with E-state index in [4.69, 9.17) is 10.1 Å². The van der Waals surface area contributed by atoms with Crippen LogP contribution in [0.2, 0.25) is 0 Å². The van der Waals surface area contributed by atoms with Crippen LogP contribution in [0, 0.1) is 5.41 Å². The summed E-state index contributed by atoms with van der Waals surface area (Å²) in [5, 5.41) is 7.42. The number of rotatable bonds is 6. The molecule has 1 aromatic carbocycles. The van der Waals surface area contributed by atoms with Crippen LogP contribution in [-0.2, 0) is 16.0 Å². The van der Waals surface area contributed by atoms with Crippen LogP contribution in [0.3, 0.4) is 0 Å². The lowest BCUT2D eigenvalue weighted by Gasteiger charge is -2.24. The van der Waals surface area contributed by atoms with E-state index in [2.05, 4.69) is 11.0 Å². The van der Waals surface area contributed by atoms with Gasteiger partial charge in [0.1, 0.15) is 6.61 Å². The topological polar surface area (TPSA) is 53.4 Å². The van der Waals surface area contributed by atoms with Crippen LogP contribution in [0.4, 0.5) is 0 Å². The van der Waals surface area contributed by atoms with Crippen LogP contribution in [-0.4, -0.2) is 37.8 Å². The largest absolute Gasteiger partial charge is 0.467 e. The molecule has 1 atom stereocenters. The number of benzene rings is 1. The zero-order valence-electron chi connectivity index (χ0n) is 10.6. The summed E-state index contributed by atoms with van der Waals surface area (Å²) in [5.41, 5.74) is 3.62. The molecule has 0 radical (unpaired) electrons. The quantitative estimate of drug-likeness (QED) is 0.473. The highest BCUT2D eigenvalue weighted by molar-refractivity contribution is 5.80.